The third kappa shape index (κ3) is 4.72. The predicted octanol–water partition coefficient (Wildman–Crippen LogP) is 3.14. The molecule has 0 spiro atoms. The molecule has 0 fully saturated rings. The highest BCUT2D eigenvalue weighted by atomic mass is 32.2. The van der Waals surface area contributed by atoms with Crippen LogP contribution in [0.4, 0.5) is 13.2 Å². The smallest absolute Gasteiger partial charge is 0.395 e. The fraction of sp³-hybridized carbons (Fsp3) is 0.462. The van der Waals surface area contributed by atoms with Crippen LogP contribution in [0, 0.1) is 0 Å². The Bertz CT molecular complexity index is 463. The van der Waals surface area contributed by atoms with Crippen molar-refractivity contribution in [2.75, 3.05) is 13.2 Å². The average molecular weight is 307 g/mol. The van der Waals surface area contributed by atoms with E-state index in [-0.39, 0.29) is 41.4 Å². The molecule has 0 aliphatic rings. The van der Waals surface area contributed by atoms with Gasteiger partial charge in [0.1, 0.15) is 0 Å². The number of thioether (sulfide) groups is 1. The molecule has 0 aliphatic heterocycles. The van der Waals surface area contributed by atoms with Crippen molar-refractivity contribution >= 4 is 17.7 Å². The molecule has 3 nitrogen and oxygen atoms in total. The molecule has 0 heterocycles. The second-order valence-corrected chi connectivity index (χ2v) is 5.47. The quantitative estimate of drug-likeness (QED) is 0.850. The molecule has 0 saturated heterocycles. The molecule has 1 N–H and O–H groups in total. The highest BCUT2D eigenvalue weighted by Gasteiger charge is 2.32. The summed E-state index contributed by atoms with van der Waals surface area (Å²) in [5.74, 6) is -0.513. The number of aliphatic hydroxyl groups excluding tert-OH is 1. The van der Waals surface area contributed by atoms with E-state index in [4.69, 9.17) is 5.11 Å². The lowest BCUT2D eigenvalue weighted by Crippen LogP contribution is -2.39. The Morgan fingerprint density at radius 2 is 1.95 bits per heavy atom. The minimum atomic E-state index is -4.45. The van der Waals surface area contributed by atoms with Crippen LogP contribution in [-0.2, 0) is 0 Å². The van der Waals surface area contributed by atoms with Gasteiger partial charge in [0.2, 0.25) is 0 Å². The normalized spacial score (nSPS) is 11.8. The molecule has 20 heavy (non-hydrogen) atoms. The minimum Gasteiger partial charge on any atom is -0.395 e. The summed E-state index contributed by atoms with van der Waals surface area (Å²) in [6.45, 7) is 3.33. The third-order valence-electron chi connectivity index (χ3n) is 2.57. The number of halogens is 3. The maximum Gasteiger partial charge on any atom is 0.446 e. The van der Waals surface area contributed by atoms with E-state index in [0.717, 1.165) is 0 Å². The number of nitrogens with zero attached hydrogens (tertiary/aromatic N) is 1. The molecule has 0 unspecified atom stereocenters. The first-order chi connectivity index (χ1) is 9.26. The molecule has 0 radical (unpaired) electrons. The van der Waals surface area contributed by atoms with E-state index in [1.54, 1.807) is 13.8 Å². The standard InChI is InChI=1S/C13H16F3NO2S/c1-9(2)17(7-8-18)12(19)10-5-3-4-6-11(10)20-13(14,15)16/h3-6,9,18H,7-8H2,1-2H3. The van der Waals surface area contributed by atoms with Crippen molar-refractivity contribution in [3.63, 3.8) is 0 Å². The maximum absolute atomic E-state index is 12.5. The summed E-state index contributed by atoms with van der Waals surface area (Å²) in [5, 5.41) is 8.96. The van der Waals surface area contributed by atoms with E-state index in [0.29, 0.717) is 0 Å². The van der Waals surface area contributed by atoms with Gasteiger partial charge in [-0.25, -0.2) is 0 Å². The lowest BCUT2D eigenvalue weighted by molar-refractivity contribution is -0.0328. The van der Waals surface area contributed by atoms with Crippen LogP contribution in [0.1, 0.15) is 24.2 Å². The molecule has 0 saturated carbocycles. The van der Waals surface area contributed by atoms with Crippen LogP contribution in [-0.4, -0.2) is 40.6 Å². The number of carbonyl (C=O) groups excluding carboxylic acids is 1. The van der Waals surface area contributed by atoms with Crippen LogP contribution in [0.3, 0.4) is 0 Å². The highest BCUT2D eigenvalue weighted by molar-refractivity contribution is 8.00. The van der Waals surface area contributed by atoms with Crippen LogP contribution in [0.5, 0.6) is 0 Å². The minimum absolute atomic E-state index is 0.00280. The van der Waals surface area contributed by atoms with Gasteiger partial charge in [-0.1, -0.05) is 12.1 Å². The second-order valence-electron chi connectivity index (χ2n) is 4.36. The second kappa shape index (κ2) is 6.99. The van der Waals surface area contributed by atoms with Gasteiger partial charge in [0.05, 0.1) is 12.2 Å². The molecule has 1 amide bonds. The zero-order valence-electron chi connectivity index (χ0n) is 11.1. The number of aliphatic hydroxyl groups is 1. The van der Waals surface area contributed by atoms with E-state index < -0.39 is 11.4 Å². The summed E-state index contributed by atoms with van der Waals surface area (Å²) >= 11 is -0.307. The van der Waals surface area contributed by atoms with Crippen molar-refractivity contribution in [2.45, 2.75) is 30.3 Å². The number of hydrogen-bond acceptors (Lipinski definition) is 3. The van der Waals surface area contributed by atoms with Crippen molar-refractivity contribution in [1.82, 2.24) is 4.90 Å². The Hall–Kier alpha value is -1.21. The third-order valence-corrected chi connectivity index (χ3v) is 3.38. The van der Waals surface area contributed by atoms with Gasteiger partial charge in [-0.15, -0.1) is 0 Å². The molecule has 0 aromatic heterocycles. The topological polar surface area (TPSA) is 40.5 Å². The lowest BCUT2D eigenvalue weighted by Gasteiger charge is -2.26. The Morgan fingerprint density at radius 3 is 2.45 bits per heavy atom. The van der Waals surface area contributed by atoms with Crippen molar-refractivity contribution in [1.29, 1.82) is 0 Å². The van der Waals surface area contributed by atoms with Crippen molar-refractivity contribution in [3.8, 4) is 0 Å². The van der Waals surface area contributed by atoms with Gasteiger partial charge in [0.15, 0.2) is 0 Å². The molecule has 0 bridgehead atoms. The lowest BCUT2D eigenvalue weighted by atomic mass is 10.1. The molecule has 7 heteroatoms. The molecule has 1 rings (SSSR count). The number of benzene rings is 1. The average Bonchev–Trinajstić information content (AvgIpc) is 2.33. The summed E-state index contributed by atoms with van der Waals surface area (Å²) < 4.78 is 37.5. The Morgan fingerprint density at radius 1 is 1.35 bits per heavy atom. The van der Waals surface area contributed by atoms with Crippen LogP contribution >= 0.6 is 11.8 Å². The van der Waals surface area contributed by atoms with Crippen LogP contribution in [0.15, 0.2) is 29.2 Å². The zero-order chi connectivity index (χ0) is 15.3. The van der Waals surface area contributed by atoms with Gasteiger partial charge < -0.3 is 10.0 Å². The SMILES string of the molecule is CC(C)N(CCO)C(=O)c1ccccc1SC(F)(F)F. The van der Waals surface area contributed by atoms with Crippen LogP contribution in [0.2, 0.25) is 0 Å². The predicted molar refractivity (Wildman–Crippen MR) is 71.6 cm³/mol. The van der Waals surface area contributed by atoms with E-state index >= 15 is 0 Å². The van der Waals surface area contributed by atoms with Crippen molar-refractivity contribution < 1.29 is 23.1 Å². The molecule has 0 atom stereocenters. The van der Waals surface area contributed by atoms with E-state index in [1.165, 1.54) is 29.2 Å². The number of amides is 1. The van der Waals surface area contributed by atoms with Gasteiger partial charge in [-0.2, -0.15) is 13.2 Å². The van der Waals surface area contributed by atoms with Gasteiger partial charge in [0.25, 0.3) is 5.91 Å². The first kappa shape index (κ1) is 16.8. The van der Waals surface area contributed by atoms with Gasteiger partial charge in [-0.3, -0.25) is 4.79 Å². The number of hydrogen-bond donors (Lipinski definition) is 1. The summed E-state index contributed by atoms with van der Waals surface area (Å²) in [6.07, 6.45) is 0. The maximum atomic E-state index is 12.5. The number of carbonyl (C=O) groups is 1. The molecular formula is C13H16F3NO2S. The largest absolute Gasteiger partial charge is 0.446 e. The van der Waals surface area contributed by atoms with Gasteiger partial charge in [-0.05, 0) is 37.7 Å². The zero-order valence-corrected chi connectivity index (χ0v) is 12.0. The Balaban J connectivity index is 3.08. The van der Waals surface area contributed by atoms with E-state index in [9.17, 15) is 18.0 Å². The molecule has 0 aliphatic carbocycles. The number of alkyl halides is 3. The monoisotopic (exact) mass is 307 g/mol. The fourth-order valence-electron chi connectivity index (χ4n) is 1.71. The van der Waals surface area contributed by atoms with Crippen LogP contribution < -0.4 is 0 Å². The molecule has 1 aromatic carbocycles. The summed E-state index contributed by atoms with van der Waals surface area (Å²) in [4.78, 5) is 13.5. The first-order valence-corrected chi connectivity index (χ1v) is 6.84. The summed E-state index contributed by atoms with van der Waals surface area (Å²) in [7, 11) is 0. The summed E-state index contributed by atoms with van der Waals surface area (Å²) in [6, 6.07) is 5.40. The molecule has 112 valence electrons. The molecule has 1 aromatic rings. The van der Waals surface area contributed by atoms with Gasteiger partial charge >= 0.3 is 5.51 Å². The Kier molecular flexibility index (Phi) is 5.88. The van der Waals surface area contributed by atoms with Gasteiger partial charge in [0, 0.05) is 17.5 Å². The number of rotatable bonds is 5. The van der Waals surface area contributed by atoms with E-state index in [1.807, 2.05) is 0 Å². The van der Waals surface area contributed by atoms with Crippen molar-refractivity contribution in [3.05, 3.63) is 29.8 Å². The van der Waals surface area contributed by atoms with Crippen LogP contribution in [0.25, 0.3) is 0 Å². The Labute approximate surface area is 119 Å². The van der Waals surface area contributed by atoms with E-state index in [2.05, 4.69) is 0 Å². The first-order valence-electron chi connectivity index (χ1n) is 6.03. The molecular weight excluding hydrogens is 291 g/mol. The van der Waals surface area contributed by atoms with Crippen molar-refractivity contribution in [2.24, 2.45) is 0 Å². The highest BCUT2D eigenvalue weighted by Crippen LogP contribution is 2.38. The fourth-order valence-corrected chi connectivity index (χ4v) is 2.37. The summed E-state index contributed by atoms with van der Waals surface area (Å²) in [5.41, 5.74) is -4.45.